The molecule has 0 aliphatic rings. The smallest absolute Gasteiger partial charge is 0.347 e. The normalized spacial score (nSPS) is 10.7. The Balaban J connectivity index is 2.21. The Labute approximate surface area is 106 Å². The van der Waals surface area contributed by atoms with Crippen LogP contribution in [0, 0.1) is 0 Å². The van der Waals surface area contributed by atoms with Crippen molar-refractivity contribution in [3.8, 4) is 0 Å². The third-order valence-electron chi connectivity index (χ3n) is 2.67. The third kappa shape index (κ3) is 1.76. The van der Waals surface area contributed by atoms with Gasteiger partial charge in [0.1, 0.15) is 11.1 Å². The van der Waals surface area contributed by atoms with Gasteiger partial charge in [0.25, 0.3) is 0 Å². The molecule has 0 atom stereocenters. The van der Waals surface area contributed by atoms with Crippen LogP contribution in [0.15, 0.2) is 56.4 Å². The maximum absolute atomic E-state index is 12.1. The highest BCUT2D eigenvalue weighted by atomic mass is 32.1. The zero-order valence-electron chi connectivity index (χ0n) is 9.25. The van der Waals surface area contributed by atoms with E-state index in [4.69, 9.17) is 4.42 Å². The average Bonchev–Trinajstić information content (AvgIpc) is 2.91. The number of benzene rings is 1. The Bertz CT molecular complexity index is 769. The number of rotatable bonds is 2. The van der Waals surface area contributed by atoms with Crippen LogP contribution in [0.2, 0.25) is 0 Å². The maximum Gasteiger partial charge on any atom is 0.347 e. The molecule has 3 nitrogen and oxygen atoms in total. The lowest BCUT2D eigenvalue weighted by atomic mass is 10.1. The van der Waals surface area contributed by atoms with Crippen molar-refractivity contribution in [2.75, 3.05) is 0 Å². The van der Waals surface area contributed by atoms with Crippen molar-refractivity contribution in [1.29, 1.82) is 0 Å². The Hall–Kier alpha value is -2.20. The largest absolute Gasteiger partial charge is 0.422 e. The van der Waals surface area contributed by atoms with Crippen molar-refractivity contribution in [2.45, 2.75) is 0 Å². The Kier molecular flexibility index (Phi) is 2.57. The zero-order valence-corrected chi connectivity index (χ0v) is 10.1. The van der Waals surface area contributed by atoms with Gasteiger partial charge in [-0.1, -0.05) is 18.2 Å². The lowest BCUT2D eigenvalue weighted by molar-refractivity contribution is 0.103. The van der Waals surface area contributed by atoms with Crippen molar-refractivity contribution in [2.24, 2.45) is 0 Å². The SMILES string of the molecule is O=C(c1ccsc1)c1cc2ccccc2oc1=O. The van der Waals surface area contributed by atoms with Crippen LogP contribution in [0.25, 0.3) is 11.0 Å². The van der Waals surface area contributed by atoms with E-state index in [2.05, 4.69) is 0 Å². The van der Waals surface area contributed by atoms with Crippen molar-refractivity contribution in [3.05, 3.63) is 68.7 Å². The zero-order chi connectivity index (χ0) is 12.5. The number of carbonyl (C=O) groups is 1. The van der Waals surface area contributed by atoms with E-state index in [1.165, 1.54) is 11.3 Å². The molecule has 0 radical (unpaired) electrons. The molecule has 2 aromatic heterocycles. The fourth-order valence-corrected chi connectivity index (χ4v) is 2.41. The fourth-order valence-electron chi connectivity index (χ4n) is 1.77. The van der Waals surface area contributed by atoms with E-state index in [0.29, 0.717) is 11.1 Å². The molecule has 2 heterocycles. The van der Waals surface area contributed by atoms with Crippen LogP contribution in [0.4, 0.5) is 0 Å². The predicted molar refractivity (Wildman–Crippen MR) is 70.2 cm³/mol. The number of thiophene rings is 1. The molecule has 18 heavy (non-hydrogen) atoms. The van der Waals surface area contributed by atoms with Gasteiger partial charge in [0.2, 0.25) is 5.78 Å². The lowest BCUT2D eigenvalue weighted by Gasteiger charge is -1.99. The van der Waals surface area contributed by atoms with E-state index in [9.17, 15) is 9.59 Å². The minimum Gasteiger partial charge on any atom is -0.422 e. The summed E-state index contributed by atoms with van der Waals surface area (Å²) in [5.74, 6) is -0.296. The van der Waals surface area contributed by atoms with Gasteiger partial charge in [0.05, 0.1) is 0 Å². The van der Waals surface area contributed by atoms with E-state index in [1.807, 2.05) is 12.1 Å². The summed E-state index contributed by atoms with van der Waals surface area (Å²) in [5.41, 5.74) is 0.490. The van der Waals surface area contributed by atoms with E-state index in [0.717, 1.165) is 5.39 Å². The Morgan fingerprint density at radius 3 is 2.78 bits per heavy atom. The van der Waals surface area contributed by atoms with Gasteiger partial charge in [-0.25, -0.2) is 4.79 Å². The van der Waals surface area contributed by atoms with Gasteiger partial charge in [-0.05, 0) is 23.6 Å². The van der Waals surface area contributed by atoms with Gasteiger partial charge in [0.15, 0.2) is 0 Å². The molecule has 0 aliphatic carbocycles. The number of hydrogen-bond donors (Lipinski definition) is 0. The van der Waals surface area contributed by atoms with Crippen LogP contribution in [0.3, 0.4) is 0 Å². The highest BCUT2D eigenvalue weighted by Crippen LogP contribution is 2.16. The van der Waals surface area contributed by atoms with Crippen LogP contribution in [-0.2, 0) is 0 Å². The van der Waals surface area contributed by atoms with Crippen LogP contribution in [-0.4, -0.2) is 5.78 Å². The molecule has 0 N–H and O–H groups in total. The Morgan fingerprint density at radius 2 is 2.00 bits per heavy atom. The van der Waals surface area contributed by atoms with Gasteiger partial charge < -0.3 is 4.42 Å². The van der Waals surface area contributed by atoms with E-state index in [1.54, 1.807) is 35.0 Å². The van der Waals surface area contributed by atoms with Crippen LogP contribution < -0.4 is 5.63 Å². The van der Waals surface area contributed by atoms with Crippen molar-refractivity contribution in [1.82, 2.24) is 0 Å². The highest BCUT2D eigenvalue weighted by molar-refractivity contribution is 7.08. The summed E-state index contributed by atoms with van der Waals surface area (Å²) in [6.45, 7) is 0. The first kappa shape index (κ1) is 10.9. The molecule has 0 saturated heterocycles. The first-order valence-corrected chi connectivity index (χ1v) is 6.30. The number of hydrogen-bond acceptors (Lipinski definition) is 4. The average molecular weight is 256 g/mol. The molecule has 0 fully saturated rings. The minimum atomic E-state index is -0.593. The van der Waals surface area contributed by atoms with Gasteiger partial charge in [0, 0.05) is 16.3 Å². The molecule has 1 aromatic carbocycles. The lowest BCUT2D eigenvalue weighted by Crippen LogP contribution is -2.14. The molecule has 0 amide bonds. The quantitative estimate of drug-likeness (QED) is 0.523. The molecular formula is C14H8O3S. The summed E-state index contributed by atoms with van der Waals surface area (Å²) >= 11 is 1.42. The molecule has 3 rings (SSSR count). The molecule has 0 spiro atoms. The number of para-hydroxylation sites is 1. The second kappa shape index (κ2) is 4.23. The summed E-state index contributed by atoms with van der Waals surface area (Å²) in [5, 5.41) is 4.27. The summed E-state index contributed by atoms with van der Waals surface area (Å²) in [6.07, 6.45) is 0. The summed E-state index contributed by atoms with van der Waals surface area (Å²) in [4.78, 5) is 23.9. The molecule has 0 bridgehead atoms. The van der Waals surface area contributed by atoms with Gasteiger partial charge >= 0.3 is 5.63 Å². The summed E-state index contributed by atoms with van der Waals surface area (Å²) in [6, 6.07) is 10.4. The summed E-state index contributed by atoms with van der Waals surface area (Å²) in [7, 11) is 0. The van der Waals surface area contributed by atoms with Gasteiger partial charge in [-0.3, -0.25) is 4.79 Å². The molecule has 3 aromatic rings. The number of fused-ring (bicyclic) bond motifs is 1. The van der Waals surface area contributed by atoms with Crippen molar-refractivity contribution >= 4 is 28.1 Å². The first-order valence-electron chi connectivity index (χ1n) is 5.35. The van der Waals surface area contributed by atoms with Crippen LogP contribution in [0.1, 0.15) is 15.9 Å². The second-order valence-corrected chi connectivity index (χ2v) is 4.61. The molecule has 0 aliphatic heterocycles. The second-order valence-electron chi connectivity index (χ2n) is 3.83. The van der Waals surface area contributed by atoms with Gasteiger partial charge in [-0.2, -0.15) is 11.3 Å². The van der Waals surface area contributed by atoms with Crippen molar-refractivity contribution in [3.63, 3.8) is 0 Å². The van der Waals surface area contributed by atoms with Gasteiger partial charge in [-0.15, -0.1) is 0 Å². The standard InChI is InChI=1S/C14H8O3S/c15-13(10-5-6-18-8-10)11-7-9-3-1-2-4-12(9)17-14(11)16/h1-8H. The minimum absolute atomic E-state index is 0.0760. The van der Waals surface area contributed by atoms with E-state index in [-0.39, 0.29) is 11.3 Å². The number of ketones is 1. The maximum atomic E-state index is 12.1. The molecule has 0 unspecified atom stereocenters. The molecule has 4 heteroatoms. The molecular weight excluding hydrogens is 248 g/mol. The fraction of sp³-hybridized carbons (Fsp3) is 0. The topological polar surface area (TPSA) is 47.3 Å². The monoisotopic (exact) mass is 256 g/mol. The molecule has 0 saturated carbocycles. The molecule has 88 valence electrons. The van der Waals surface area contributed by atoms with Crippen LogP contribution >= 0.6 is 11.3 Å². The predicted octanol–water partition coefficient (Wildman–Crippen LogP) is 3.09. The Morgan fingerprint density at radius 1 is 1.17 bits per heavy atom. The summed E-state index contributed by atoms with van der Waals surface area (Å²) < 4.78 is 5.14. The van der Waals surface area contributed by atoms with Crippen molar-refractivity contribution < 1.29 is 9.21 Å². The van der Waals surface area contributed by atoms with E-state index >= 15 is 0 Å². The first-order chi connectivity index (χ1) is 8.75. The number of carbonyl (C=O) groups excluding carboxylic acids is 1. The highest BCUT2D eigenvalue weighted by Gasteiger charge is 2.15. The van der Waals surface area contributed by atoms with Crippen LogP contribution in [0.5, 0.6) is 0 Å². The van der Waals surface area contributed by atoms with E-state index < -0.39 is 5.63 Å². The third-order valence-corrected chi connectivity index (χ3v) is 3.35.